The lowest BCUT2D eigenvalue weighted by atomic mass is 9.92. The van der Waals surface area contributed by atoms with Gasteiger partial charge in [0.1, 0.15) is 17.7 Å². The molecule has 2 unspecified atom stereocenters. The van der Waals surface area contributed by atoms with Crippen molar-refractivity contribution in [2.24, 2.45) is 5.16 Å². The van der Waals surface area contributed by atoms with E-state index in [-0.39, 0.29) is 30.7 Å². The van der Waals surface area contributed by atoms with Crippen LogP contribution in [0.2, 0.25) is 0 Å². The van der Waals surface area contributed by atoms with E-state index in [1.54, 1.807) is 0 Å². The second-order valence-corrected chi connectivity index (χ2v) is 6.46. The fraction of sp³-hybridized carbons (Fsp3) is 0.389. The van der Waals surface area contributed by atoms with Crippen molar-refractivity contribution in [3.05, 3.63) is 48.1 Å². The molecule has 0 spiro atoms. The predicted molar refractivity (Wildman–Crippen MR) is 93.0 cm³/mol. The van der Waals surface area contributed by atoms with Gasteiger partial charge >= 0.3 is 0 Å². The highest BCUT2D eigenvalue weighted by Crippen LogP contribution is 2.29. The third kappa shape index (κ3) is 4.02. The summed E-state index contributed by atoms with van der Waals surface area (Å²) < 4.78 is 32.2. The van der Waals surface area contributed by atoms with Gasteiger partial charge in [0, 0.05) is 24.5 Å². The van der Waals surface area contributed by atoms with Crippen LogP contribution in [0.3, 0.4) is 0 Å². The second-order valence-electron chi connectivity index (χ2n) is 6.46. The molecule has 10 heteroatoms. The fourth-order valence-corrected chi connectivity index (χ4v) is 3.03. The van der Waals surface area contributed by atoms with Crippen molar-refractivity contribution < 1.29 is 32.8 Å². The highest BCUT2D eigenvalue weighted by molar-refractivity contribution is 6.06. The number of carbonyl (C=O) groups excluding carboxylic acids is 2. The van der Waals surface area contributed by atoms with Crippen molar-refractivity contribution in [2.75, 3.05) is 13.7 Å². The molecule has 3 atom stereocenters. The summed E-state index contributed by atoms with van der Waals surface area (Å²) in [6, 6.07) is 2.51. The molecule has 3 rings (SSSR count). The number of carbonyl (C=O) groups is 2. The lowest BCUT2D eigenvalue weighted by molar-refractivity contribution is -0.140. The highest BCUT2D eigenvalue weighted by Gasteiger charge is 2.46. The van der Waals surface area contributed by atoms with Crippen LogP contribution in [0.1, 0.15) is 18.4 Å². The molecule has 1 aromatic rings. The van der Waals surface area contributed by atoms with Crippen molar-refractivity contribution in [3.63, 3.8) is 0 Å². The van der Waals surface area contributed by atoms with Crippen molar-refractivity contribution in [1.29, 1.82) is 0 Å². The first kappa shape index (κ1) is 19.9. The maximum Gasteiger partial charge on any atom is 0.272 e. The largest absolute Gasteiger partial charge is 0.374 e. The van der Waals surface area contributed by atoms with Crippen LogP contribution in [0.15, 0.2) is 36.0 Å². The third-order valence-corrected chi connectivity index (χ3v) is 4.49. The maximum atomic E-state index is 13.5. The highest BCUT2D eigenvalue weighted by atomic mass is 19.1. The Morgan fingerprint density at radius 1 is 1.36 bits per heavy atom. The monoisotopic (exact) mass is 395 g/mol. The fourth-order valence-electron chi connectivity index (χ4n) is 3.03. The first-order valence-electron chi connectivity index (χ1n) is 8.47. The van der Waals surface area contributed by atoms with E-state index in [0.29, 0.717) is 0 Å². The number of nitrogens with zero attached hydrogens (tertiary/aromatic N) is 1. The van der Waals surface area contributed by atoms with Gasteiger partial charge in [0.25, 0.3) is 11.8 Å². The average Bonchev–Trinajstić information content (AvgIpc) is 3.29. The van der Waals surface area contributed by atoms with Crippen LogP contribution in [-0.2, 0) is 24.0 Å². The molecule has 0 bridgehead atoms. The number of nitrogens with one attached hydrogen (secondary N) is 2. The smallest absolute Gasteiger partial charge is 0.272 e. The Hall–Kier alpha value is -2.85. The molecule has 0 saturated carbocycles. The molecule has 2 aliphatic heterocycles. The van der Waals surface area contributed by atoms with Crippen molar-refractivity contribution in [3.8, 4) is 0 Å². The minimum Gasteiger partial charge on any atom is -0.374 e. The predicted octanol–water partition coefficient (Wildman–Crippen LogP) is 0.965. The Morgan fingerprint density at radius 2 is 2.07 bits per heavy atom. The molecule has 1 aromatic carbocycles. The zero-order chi connectivity index (χ0) is 20.3. The summed E-state index contributed by atoms with van der Waals surface area (Å²) in [6.45, 7) is 3.75. The summed E-state index contributed by atoms with van der Waals surface area (Å²) in [6.07, 6.45) is 0.722. The van der Waals surface area contributed by atoms with Gasteiger partial charge in [0.2, 0.25) is 5.60 Å². The van der Waals surface area contributed by atoms with Crippen LogP contribution in [0.25, 0.3) is 0 Å². The van der Waals surface area contributed by atoms with E-state index in [9.17, 15) is 18.4 Å². The van der Waals surface area contributed by atoms with Gasteiger partial charge in [-0.2, -0.15) is 0 Å². The number of benzene rings is 1. The molecule has 0 aromatic heterocycles. The normalized spacial score (nSPS) is 26.3. The molecule has 1 fully saturated rings. The van der Waals surface area contributed by atoms with Gasteiger partial charge in [0.05, 0.1) is 25.5 Å². The van der Waals surface area contributed by atoms with Gasteiger partial charge in [-0.3, -0.25) is 14.4 Å². The van der Waals surface area contributed by atoms with E-state index in [2.05, 4.69) is 27.4 Å². The summed E-state index contributed by atoms with van der Waals surface area (Å²) in [5.74, 6) is -2.52. The van der Waals surface area contributed by atoms with Gasteiger partial charge in [-0.25, -0.2) is 14.3 Å². The second kappa shape index (κ2) is 8.03. The Labute approximate surface area is 159 Å². The Morgan fingerprint density at radius 3 is 2.71 bits per heavy atom. The van der Waals surface area contributed by atoms with Gasteiger partial charge in [0.15, 0.2) is 0 Å². The lowest BCUT2D eigenvalue weighted by Gasteiger charge is -2.23. The molecule has 150 valence electrons. The van der Waals surface area contributed by atoms with Crippen LogP contribution in [0.4, 0.5) is 8.78 Å². The van der Waals surface area contributed by atoms with Gasteiger partial charge in [-0.15, -0.1) is 0 Å². The maximum absolute atomic E-state index is 13.5. The lowest BCUT2D eigenvalue weighted by Crippen LogP contribution is -2.49. The van der Waals surface area contributed by atoms with E-state index in [0.717, 1.165) is 18.2 Å². The van der Waals surface area contributed by atoms with Crippen LogP contribution >= 0.6 is 0 Å². The number of hydrogen-bond acceptors (Lipinski definition) is 6. The molecular weight excluding hydrogens is 376 g/mol. The Kier molecular flexibility index (Phi) is 5.71. The molecule has 0 aliphatic carbocycles. The van der Waals surface area contributed by atoms with Crippen LogP contribution in [0, 0.1) is 11.6 Å². The summed E-state index contributed by atoms with van der Waals surface area (Å²) in [5, 5.41) is 6.55. The molecule has 2 N–H and O–H groups in total. The number of ether oxygens (including phenoxy) is 1. The Bertz CT molecular complexity index is 811. The zero-order valence-corrected chi connectivity index (χ0v) is 15.0. The summed E-state index contributed by atoms with van der Waals surface area (Å²) >= 11 is 0. The van der Waals surface area contributed by atoms with E-state index in [1.165, 1.54) is 13.2 Å². The van der Waals surface area contributed by atoms with Crippen molar-refractivity contribution in [1.82, 2.24) is 10.8 Å². The van der Waals surface area contributed by atoms with Crippen molar-refractivity contribution >= 4 is 17.5 Å². The van der Waals surface area contributed by atoms with Gasteiger partial charge in [-0.1, -0.05) is 11.7 Å². The average molecular weight is 395 g/mol. The number of oxime groups is 1. The van der Waals surface area contributed by atoms with Crippen LogP contribution < -0.4 is 10.8 Å². The summed E-state index contributed by atoms with van der Waals surface area (Å²) in [5.41, 5.74) is 1.04. The molecule has 2 aliphatic rings. The molecule has 8 nitrogen and oxygen atoms in total. The topological polar surface area (TPSA) is 98.2 Å². The van der Waals surface area contributed by atoms with Crippen LogP contribution in [0.5, 0.6) is 0 Å². The minimum absolute atomic E-state index is 0.0492. The number of rotatable bonds is 6. The SMILES string of the molecule is C=C[C@]1(C(=O)NC2COC(C(=O)NOC)C2)CC(c2cc(F)cc(F)c2)=NO1. The molecule has 2 heterocycles. The zero-order valence-electron chi connectivity index (χ0n) is 15.0. The Balaban J connectivity index is 1.65. The number of hydroxylamine groups is 1. The quantitative estimate of drug-likeness (QED) is 0.553. The third-order valence-electron chi connectivity index (χ3n) is 4.49. The molecule has 1 saturated heterocycles. The number of amides is 2. The summed E-state index contributed by atoms with van der Waals surface area (Å²) in [7, 11) is 1.31. The number of hydrogen-bond donors (Lipinski definition) is 2. The van der Waals surface area contributed by atoms with Crippen LogP contribution in [-0.4, -0.2) is 49.0 Å². The van der Waals surface area contributed by atoms with E-state index >= 15 is 0 Å². The minimum atomic E-state index is -1.52. The van der Waals surface area contributed by atoms with E-state index in [4.69, 9.17) is 9.57 Å². The van der Waals surface area contributed by atoms with Gasteiger partial charge in [-0.05, 0) is 18.2 Å². The first-order valence-corrected chi connectivity index (χ1v) is 8.47. The molecular formula is C18H19F2N3O5. The summed E-state index contributed by atoms with van der Waals surface area (Å²) in [4.78, 5) is 34.3. The first-order chi connectivity index (χ1) is 13.4. The molecule has 28 heavy (non-hydrogen) atoms. The van der Waals surface area contributed by atoms with E-state index in [1.807, 2.05) is 0 Å². The van der Waals surface area contributed by atoms with E-state index < -0.39 is 41.2 Å². The van der Waals surface area contributed by atoms with Gasteiger partial charge < -0.3 is 14.9 Å². The molecule has 2 amide bonds. The van der Waals surface area contributed by atoms with Crippen molar-refractivity contribution in [2.45, 2.75) is 30.6 Å². The number of halogens is 2. The molecule has 0 radical (unpaired) electrons. The standard InChI is InChI=1S/C18H19F2N3O5/c1-3-18(8-14(22-28-18)10-4-11(19)6-12(20)5-10)17(25)21-13-7-15(27-9-13)16(24)23-26-2/h3-6,13,15H,1,7-9H2,2H3,(H,21,25)(H,23,24)/t13?,15?,18-/m1/s1.